The van der Waals surface area contributed by atoms with Gasteiger partial charge < -0.3 is 9.84 Å². The minimum atomic E-state index is -0.507. The molecule has 0 heterocycles. The van der Waals surface area contributed by atoms with Crippen molar-refractivity contribution in [3.05, 3.63) is 30.3 Å². The van der Waals surface area contributed by atoms with Crippen molar-refractivity contribution in [2.75, 3.05) is 18.5 Å². The fraction of sp³-hybridized carbons (Fsp3) is 0.417. The first-order valence-corrected chi connectivity index (χ1v) is 5.13. The summed E-state index contributed by atoms with van der Waals surface area (Å²) in [5.41, 5.74) is 0.280. The second-order valence-electron chi connectivity index (χ2n) is 4.39. The van der Waals surface area contributed by atoms with Crippen molar-refractivity contribution in [2.45, 2.75) is 13.8 Å². The standard InChI is InChI=1S/C12H17NO3/c1-12(2,8-14)9-16-11(15)13-10-6-4-3-5-7-10/h3-7,14H,8-9H2,1-2H3,(H,13,15). The Morgan fingerprint density at radius 1 is 1.38 bits per heavy atom. The molecular formula is C12H17NO3. The highest BCUT2D eigenvalue weighted by atomic mass is 16.5. The molecular weight excluding hydrogens is 206 g/mol. The lowest BCUT2D eigenvalue weighted by atomic mass is 9.97. The predicted octanol–water partition coefficient (Wildman–Crippen LogP) is 2.25. The molecule has 0 aliphatic carbocycles. The number of benzene rings is 1. The smallest absolute Gasteiger partial charge is 0.411 e. The van der Waals surface area contributed by atoms with Crippen LogP contribution in [0.2, 0.25) is 0 Å². The molecule has 1 aromatic rings. The van der Waals surface area contributed by atoms with Crippen LogP contribution in [-0.2, 0) is 4.74 Å². The van der Waals surface area contributed by atoms with E-state index in [-0.39, 0.29) is 13.2 Å². The molecule has 0 aliphatic rings. The Morgan fingerprint density at radius 2 is 2.00 bits per heavy atom. The van der Waals surface area contributed by atoms with E-state index >= 15 is 0 Å². The highest BCUT2D eigenvalue weighted by Crippen LogP contribution is 2.14. The van der Waals surface area contributed by atoms with Crippen molar-refractivity contribution < 1.29 is 14.6 Å². The average molecular weight is 223 g/mol. The third-order valence-corrected chi connectivity index (χ3v) is 2.04. The minimum absolute atomic E-state index is 0.0222. The van der Waals surface area contributed by atoms with Gasteiger partial charge in [-0.05, 0) is 12.1 Å². The molecule has 1 aromatic carbocycles. The summed E-state index contributed by atoms with van der Waals surface area (Å²) in [6, 6.07) is 9.07. The topological polar surface area (TPSA) is 58.6 Å². The molecule has 4 heteroatoms. The third-order valence-electron chi connectivity index (χ3n) is 2.04. The Kier molecular flexibility index (Phi) is 4.31. The number of aliphatic hydroxyl groups is 1. The van der Waals surface area contributed by atoms with E-state index in [0.717, 1.165) is 0 Å². The first-order valence-electron chi connectivity index (χ1n) is 5.13. The molecule has 0 unspecified atom stereocenters. The van der Waals surface area contributed by atoms with Crippen LogP contribution in [0.25, 0.3) is 0 Å². The molecule has 0 aliphatic heterocycles. The minimum Gasteiger partial charge on any atom is -0.449 e. The summed E-state index contributed by atoms with van der Waals surface area (Å²) in [7, 11) is 0. The Bertz CT molecular complexity index is 335. The zero-order valence-corrected chi connectivity index (χ0v) is 9.56. The van der Waals surface area contributed by atoms with Crippen molar-refractivity contribution in [3.8, 4) is 0 Å². The van der Waals surface area contributed by atoms with Gasteiger partial charge in [0.15, 0.2) is 0 Å². The van der Waals surface area contributed by atoms with Gasteiger partial charge in [0.05, 0.1) is 6.61 Å². The van der Waals surface area contributed by atoms with Crippen LogP contribution in [0.15, 0.2) is 30.3 Å². The molecule has 0 atom stereocenters. The molecule has 0 saturated carbocycles. The van der Waals surface area contributed by atoms with E-state index in [4.69, 9.17) is 9.84 Å². The second-order valence-corrected chi connectivity index (χ2v) is 4.39. The SMILES string of the molecule is CC(C)(CO)COC(=O)Nc1ccccc1. The van der Waals surface area contributed by atoms with E-state index in [1.807, 2.05) is 32.0 Å². The molecule has 0 radical (unpaired) electrons. The van der Waals surface area contributed by atoms with Crippen LogP contribution in [0.4, 0.5) is 10.5 Å². The number of hydrogen-bond acceptors (Lipinski definition) is 3. The summed E-state index contributed by atoms with van der Waals surface area (Å²) in [4.78, 5) is 11.4. The Hall–Kier alpha value is -1.55. The van der Waals surface area contributed by atoms with Gasteiger partial charge in [0.2, 0.25) is 0 Å². The molecule has 0 bridgehead atoms. The van der Waals surface area contributed by atoms with Gasteiger partial charge in [0.25, 0.3) is 0 Å². The maximum atomic E-state index is 11.4. The zero-order chi connectivity index (χ0) is 12.0. The molecule has 1 amide bonds. The lowest BCUT2D eigenvalue weighted by Gasteiger charge is -2.20. The molecule has 2 N–H and O–H groups in total. The predicted molar refractivity (Wildman–Crippen MR) is 62.3 cm³/mol. The largest absolute Gasteiger partial charge is 0.449 e. The number of carbonyl (C=O) groups excluding carboxylic acids is 1. The monoisotopic (exact) mass is 223 g/mol. The molecule has 1 rings (SSSR count). The van der Waals surface area contributed by atoms with Crippen molar-refractivity contribution >= 4 is 11.8 Å². The first kappa shape index (κ1) is 12.5. The number of amides is 1. The molecule has 0 saturated heterocycles. The van der Waals surface area contributed by atoms with Crippen molar-refractivity contribution in [1.29, 1.82) is 0 Å². The number of ether oxygens (including phenoxy) is 1. The number of rotatable bonds is 4. The van der Waals surface area contributed by atoms with Gasteiger partial charge in [-0.25, -0.2) is 4.79 Å². The highest BCUT2D eigenvalue weighted by molar-refractivity contribution is 5.84. The lowest BCUT2D eigenvalue weighted by molar-refractivity contribution is 0.0676. The summed E-state index contributed by atoms with van der Waals surface area (Å²) < 4.78 is 4.99. The van der Waals surface area contributed by atoms with Crippen LogP contribution in [0.5, 0.6) is 0 Å². The molecule has 16 heavy (non-hydrogen) atoms. The van der Waals surface area contributed by atoms with Gasteiger partial charge in [0.1, 0.15) is 6.61 Å². The molecule has 4 nitrogen and oxygen atoms in total. The van der Waals surface area contributed by atoms with Crippen LogP contribution < -0.4 is 5.32 Å². The Labute approximate surface area is 95.2 Å². The first-order chi connectivity index (χ1) is 7.53. The number of nitrogens with one attached hydrogen (secondary N) is 1. The van der Waals surface area contributed by atoms with E-state index in [2.05, 4.69) is 5.32 Å². The highest BCUT2D eigenvalue weighted by Gasteiger charge is 2.18. The van der Waals surface area contributed by atoms with Gasteiger partial charge in [-0.1, -0.05) is 32.0 Å². The van der Waals surface area contributed by atoms with E-state index in [1.54, 1.807) is 12.1 Å². The van der Waals surface area contributed by atoms with Crippen LogP contribution in [0, 0.1) is 5.41 Å². The molecule has 0 spiro atoms. The van der Waals surface area contributed by atoms with Gasteiger partial charge in [0, 0.05) is 11.1 Å². The maximum absolute atomic E-state index is 11.4. The number of para-hydroxylation sites is 1. The summed E-state index contributed by atoms with van der Waals surface area (Å²) in [5.74, 6) is 0. The molecule has 0 fully saturated rings. The van der Waals surface area contributed by atoms with E-state index in [1.165, 1.54) is 0 Å². The lowest BCUT2D eigenvalue weighted by Crippen LogP contribution is -2.27. The van der Waals surface area contributed by atoms with E-state index in [0.29, 0.717) is 5.69 Å². The van der Waals surface area contributed by atoms with Gasteiger partial charge >= 0.3 is 6.09 Å². The molecule has 0 aromatic heterocycles. The van der Waals surface area contributed by atoms with Gasteiger partial charge in [-0.2, -0.15) is 0 Å². The summed E-state index contributed by atoms with van der Waals surface area (Å²) >= 11 is 0. The summed E-state index contributed by atoms with van der Waals surface area (Å²) in [5, 5.41) is 11.6. The van der Waals surface area contributed by atoms with Crippen molar-refractivity contribution in [2.24, 2.45) is 5.41 Å². The van der Waals surface area contributed by atoms with Gasteiger partial charge in [-0.15, -0.1) is 0 Å². The fourth-order valence-corrected chi connectivity index (χ4v) is 0.982. The summed E-state index contributed by atoms with van der Waals surface area (Å²) in [6.07, 6.45) is -0.507. The fourth-order valence-electron chi connectivity index (χ4n) is 0.982. The average Bonchev–Trinajstić information content (AvgIpc) is 2.28. The zero-order valence-electron chi connectivity index (χ0n) is 9.56. The second kappa shape index (κ2) is 5.51. The van der Waals surface area contributed by atoms with Crippen LogP contribution in [-0.4, -0.2) is 24.4 Å². The van der Waals surface area contributed by atoms with Crippen molar-refractivity contribution in [3.63, 3.8) is 0 Å². The van der Waals surface area contributed by atoms with Crippen LogP contribution >= 0.6 is 0 Å². The van der Waals surface area contributed by atoms with Gasteiger partial charge in [-0.3, -0.25) is 5.32 Å². The van der Waals surface area contributed by atoms with E-state index < -0.39 is 11.5 Å². The van der Waals surface area contributed by atoms with Crippen LogP contribution in [0.3, 0.4) is 0 Å². The number of anilines is 1. The van der Waals surface area contributed by atoms with E-state index in [9.17, 15) is 4.79 Å². The quantitative estimate of drug-likeness (QED) is 0.823. The third kappa shape index (κ3) is 4.31. The number of aliphatic hydroxyl groups excluding tert-OH is 1. The Morgan fingerprint density at radius 3 is 2.56 bits per heavy atom. The summed E-state index contributed by atoms with van der Waals surface area (Å²) in [6.45, 7) is 3.80. The van der Waals surface area contributed by atoms with Crippen molar-refractivity contribution in [1.82, 2.24) is 0 Å². The number of hydrogen-bond donors (Lipinski definition) is 2. The Balaban J connectivity index is 2.38. The van der Waals surface area contributed by atoms with Crippen LogP contribution in [0.1, 0.15) is 13.8 Å². The molecule has 88 valence electrons. The normalized spacial score (nSPS) is 10.9. The maximum Gasteiger partial charge on any atom is 0.411 e. The number of carbonyl (C=O) groups is 1.